The van der Waals surface area contributed by atoms with Gasteiger partial charge < -0.3 is 10.1 Å². The molecule has 2 aromatic carbocycles. The minimum absolute atomic E-state index is 0.00504. The van der Waals surface area contributed by atoms with E-state index in [1.54, 1.807) is 6.07 Å². The zero-order valence-corrected chi connectivity index (χ0v) is 15.1. The van der Waals surface area contributed by atoms with Gasteiger partial charge in [-0.2, -0.15) is 0 Å². The third kappa shape index (κ3) is 3.81. The highest BCUT2D eigenvalue weighted by atomic mass is 32.2. The fourth-order valence-corrected chi connectivity index (χ4v) is 3.20. The summed E-state index contributed by atoms with van der Waals surface area (Å²) in [4.78, 5) is 22.8. The molecule has 9 nitrogen and oxygen atoms in total. The van der Waals surface area contributed by atoms with Crippen LogP contribution in [0.3, 0.4) is 0 Å². The standard InChI is InChI=1S/C16H17N3O6S/c1-18(2)26(23,24)15-7-5-4-6-12(15)17-16(20)11-8-9-14(25-3)13(10-11)19(21)22/h4-10H,1-3H3,(H,17,20). The van der Waals surface area contributed by atoms with E-state index in [2.05, 4.69) is 5.32 Å². The number of nitro groups is 1. The van der Waals surface area contributed by atoms with Crippen LogP contribution in [0.2, 0.25) is 0 Å². The Kier molecular flexibility index (Phi) is 5.58. The number of rotatable bonds is 6. The maximum atomic E-state index is 12.5. The maximum Gasteiger partial charge on any atom is 0.311 e. The minimum atomic E-state index is -3.78. The predicted octanol–water partition coefficient (Wildman–Crippen LogP) is 2.11. The molecule has 0 fully saturated rings. The monoisotopic (exact) mass is 379 g/mol. The summed E-state index contributed by atoms with van der Waals surface area (Å²) in [6, 6.07) is 9.62. The van der Waals surface area contributed by atoms with Crippen LogP contribution in [0.1, 0.15) is 10.4 Å². The summed E-state index contributed by atoms with van der Waals surface area (Å²) < 4.78 is 30.6. The fraction of sp³-hybridized carbons (Fsp3) is 0.188. The smallest absolute Gasteiger partial charge is 0.311 e. The van der Waals surface area contributed by atoms with Crippen molar-refractivity contribution in [1.29, 1.82) is 0 Å². The van der Waals surface area contributed by atoms with Crippen molar-refractivity contribution in [2.24, 2.45) is 0 Å². The van der Waals surface area contributed by atoms with Gasteiger partial charge >= 0.3 is 5.69 Å². The van der Waals surface area contributed by atoms with Crippen molar-refractivity contribution >= 4 is 27.3 Å². The van der Waals surface area contributed by atoms with E-state index in [0.29, 0.717) is 0 Å². The summed E-state index contributed by atoms with van der Waals surface area (Å²) in [5.74, 6) is -0.667. The van der Waals surface area contributed by atoms with Crippen molar-refractivity contribution < 1.29 is 22.9 Å². The highest BCUT2D eigenvalue weighted by Gasteiger charge is 2.23. The Hall–Kier alpha value is -2.98. The third-order valence-corrected chi connectivity index (χ3v) is 5.40. The van der Waals surface area contributed by atoms with Gasteiger partial charge in [0.2, 0.25) is 10.0 Å². The number of nitrogens with zero attached hydrogens (tertiary/aromatic N) is 2. The van der Waals surface area contributed by atoms with Gasteiger partial charge in [0.1, 0.15) is 4.90 Å². The molecule has 1 N–H and O–H groups in total. The number of nitro benzene ring substituents is 1. The highest BCUT2D eigenvalue weighted by molar-refractivity contribution is 7.89. The maximum absolute atomic E-state index is 12.5. The number of carbonyl (C=O) groups is 1. The van der Waals surface area contributed by atoms with Crippen molar-refractivity contribution in [3.63, 3.8) is 0 Å². The lowest BCUT2D eigenvalue weighted by molar-refractivity contribution is -0.385. The number of ether oxygens (including phenoxy) is 1. The van der Waals surface area contributed by atoms with Crippen LogP contribution in [0.4, 0.5) is 11.4 Å². The van der Waals surface area contributed by atoms with Crippen LogP contribution in [0.15, 0.2) is 47.4 Å². The Morgan fingerprint density at radius 2 is 1.85 bits per heavy atom. The van der Waals surface area contributed by atoms with Gasteiger partial charge in [0.25, 0.3) is 5.91 Å². The molecule has 0 spiro atoms. The minimum Gasteiger partial charge on any atom is -0.490 e. The van der Waals surface area contributed by atoms with Gasteiger partial charge in [0, 0.05) is 25.7 Å². The number of methoxy groups -OCH3 is 1. The molecule has 0 bridgehead atoms. The average molecular weight is 379 g/mol. The molecule has 2 rings (SSSR count). The molecule has 0 unspecified atom stereocenters. The molecular formula is C16H17N3O6S. The van der Waals surface area contributed by atoms with E-state index in [9.17, 15) is 23.3 Å². The molecule has 0 atom stereocenters. The van der Waals surface area contributed by atoms with Crippen molar-refractivity contribution in [3.8, 4) is 5.75 Å². The summed E-state index contributed by atoms with van der Waals surface area (Å²) in [7, 11) is 0.256. The number of hydrogen-bond donors (Lipinski definition) is 1. The van der Waals surface area contributed by atoms with Crippen LogP contribution in [-0.2, 0) is 10.0 Å². The van der Waals surface area contributed by atoms with Gasteiger partial charge in [0.05, 0.1) is 17.7 Å². The lowest BCUT2D eigenvalue weighted by Gasteiger charge is -2.15. The van der Waals surface area contributed by atoms with E-state index in [1.165, 1.54) is 51.5 Å². The zero-order chi connectivity index (χ0) is 19.5. The Morgan fingerprint density at radius 3 is 2.42 bits per heavy atom. The lowest BCUT2D eigenvalue weighted by atomic mass is 10.1. The molecule has 26 heavy (non-hydrogen) atoms. The fourth-order valence-electron chi connectivity index (χ4n) is 2.16. The molecule has 10 heteroatoms. The Balaban J connectivity index is 2.41. The van der Waals surface area contributed by atoms with Gasteiger partial charge in [-0.05, 0) is 24.3 Å². The highest BCUT2D eigenvalue weighted by Crippen LogP contribution is 2.29. The van der Waals surface area contributed by atoms with Crippen LogP contribution >= 0.6 is 0 Å². The molecule has 0 aliphatic carbocycles. The molecule has 1 amide bonds. The molecule has 0 aliphatic rings. The normalized spacial score (nSPS) is 11.2. The van der Waals surface area contributed by atoms with E-state index < -0.39 is 20.9 Å². The summed E-state index contributed by atoms with van der Waals surface area (Å²) in [6.45, 7) is 0. The Labute approximate surface area is 150 Å². The molecule has 0 saturated carbocycles. The van der Waals surface area contributed by atoms with Crippen molar-refractivity contribution in [3.05, 3.63) is 58.1 Å². The molecular weight excluding hydrogens is 362 g/mol. The van der Waals surface area contributed by atoms with Gasteiger partial charge in [-0.25, -0.2) is 12.7 Å². The lowest BCUT2D eigenvalue weighted by Crippen LogP contribution is -2.24. The number of anilines is 1. The number of hydrogen-bond acceptors (Lipinski definition) is 6. The second kappa shape index (κ2) is 7.50. The second-order valence-corrected chi connectivity index (χ2v) is 7.50. The van der Waals surface area contributed by atoms with E-state index in [0.717, 1.165) is 10.4 Å². The zero-order valence-electron chi connectivity index (χ0n) is 14.3. The molecule has 0 heterocycles. The number of amides is 1. The first-order valence-corrected chi connectivity index (χ1v) is 8.78. The quantitative estimate of drug-likeness (QED) is 0.606. The third-order valence-electron chi connectivity index (χ3n) is 3.53. The predicted molar refractivity (Wildman–Crippen MR) is 94.9 cm³/mol. The van der Waals surface area contributed by atoms with Gasteiger partial charge in [-0.15, -0.1) is 0 Å². The van der Waals surface area contributed by atoms with Gasteiger partial charge in [0.15, 0.2) is 5.75 Å². The van der Waals surface area contributed by atoms with Crippen LogP contribution in [0.25, 0.3) is 0 Å². The SMILES string of the molecule is COc1ccc(C(=O)Nc2ccccc2S(=O)(=O)N(C)C)cc1[N+](=O)[O-]. The Bertz CT molecular complexity index is 956. The largest absolute Gasteiger partial charge is 0.490 e. The van der Waals surface area contributed by atoms with E-state index in [-0.39, 0.29) is 27.6 Å². The summed E-state index contributed by atoms with van der Waals surface area (Å²) in [6.07, 6.45) is 0. The molecule has 0 aromatic heterocycles. The Morgan fingerprint density at radius 1 is 1.19 bits per heavy atom. The summed E-state index contributed by atoms with van der Waals surface area (Å²) in [5.41, 5.74) is -0.298. The van der Waals surface area contributed by atoms with Gasteiger partial charge in [-0.3, -0.25) is 14.9 Å². The van der Waals surface area contributed by atoms with Crippen molar-refractivity contribution in [2.45, 2.75) is 4.90 Å². The topological polar surface area (TPSA) is 119 Å². The molecule has 138 valence electrons. The van der Waals surface area contributed by atoms with Gasteiger partial charge in [-0.1, -0.05) is 12.1 Å². The molecule has 0 radical (unpaired) electrons. The number of sulfonamides is 1. The first-order chi connectivity index (χ1) is 12.2. The summed E-state index contributed by atoms with van der Waals surface area (Å²) in [5, 5.41) is 13.6. The number of carbonyl (C=O) groups excluding carboxylic acids is 1. The molecule has 0 saturated heterocycles. The second-order valence-electron chi connectivity index (χ2n) is 5.38. The van der Waals surface area contributed by atoms with Crippen LogP contribution in [-0.4, -0.2) is 44.8 Å². The first-order valence-electron chi connectivity index (χ1n) is 7.34. The van der Waals surface area contributed by atoms with Crippen LogP contribution < -0.4 is 10.1 Å². The van der Waals surface area contributed by atoms with Crippen molar-refractivity contribution in [2.75, 3.05) is 26.5 Å². The molecule has 0 aliphatic heterocycles. The van der Waals surface area contributed by atoms with Crippen LogP contribution in [0, 0.1) is 10.1 Å². The first kappa shape index (κ1) is 19.3. The average Bonchev–Trinajstić information content (AvgIpc) is 2.61. The van der Waals surface area contributed by atoms with E-state index >= 15 is 0 Å². The number of nitrogens with one attached hydrogen (secondary N) is 1. The summed E-state index contributed by atoms with van der Waals surface area (Å²) >= 11 is 0. The number of para-hydroxylation sites is 1. The number of benzene rings is 2. The van der Waals surface area contributed by atoms with E-state index in [4.69, 9.17) is 4.74 Å². The van der Waals surface area contributed by atoms with Crippen molar-refractivity contribution in [1.82, 2.24) is 4.31 Å². The van der Waals surface area contributed by atoms with Crippen LogP contribution in [0.5, 0.6) is 5.75 Å². The van der Waals surface area contributed by atoms with E-state index in [1.807, 2.05) is 0 Å². The molecule has 2 aromatic rings.